The molecular formula is C18H19NO3S2. The molecule has 6 heteroatoms. The van der Waals surface area contributed by atoms with E-state index in [0.717, 1.165) is 16.9 Å². The van der Waals surface area contributed by atoms with E-state index < -0.39 is 15.1 Å². The van der Waals surface area contributed by atoms with Gasteiger partial charge in [0.2, 0.25) is 0 Å². The van der Waals surface area contributed by atoms with Crippen LogP contribution in [0.25, 0.3) is 11.1 Å². The van der Waals surface area contributed by atoms with E-state index in [9.17, 15) is 9.00 Å². The molecule has 1 fully saturated rings. The number of rotatable bonds is 4. The predicted molar refractivity (Wildman–Crippen MR) is 100 cm³/mol. The predicted octanol–water partition coefficient (Wildman–Crippen LogP) is 2.89. The van der Waals surface area contributed by atoms with Crippen molar-refractivity contribution in [3.63, 3.8) is 0 Å². The molecule has 0 aromatic heterocycles. The second-order valence-corrected chi connectivity index (χ2v) is 8.83. The molecule has 1 aliphatic heterocycles. The molecule has 0 saturated carbocycles. The van der Waals surface area contributed by atoms with Crippen LogP contribution in [-0.2, 0) is 19.2 Å². The maximum atomic E-state index is 13.3. The third kappa shape index (κ3) is 3.22. The van der Waals surface area contributed by atoms with Gasteiger partial charge in [0.15, 0.2) is 5.37 Å². The minimum absolute atomic E-state index is 0.380. The summed E-state index contributed by atoms with van der Waals surface area (Å²) in [6.45, 7) is 0.549. The Labute approximate surface area is 147 Å². The first-order valence-electron chi connectivity index (χ1n) is 7.53. The summed E-state index contributed by atoms with van der Waals surface area (Å²) < 4.78 is 19.7. The van der Waals surface area contributed by atoms with Crippen LogP contribution in [0.3, 0.4) is 0 Å². The molecular weight excluding hydrogens is 342 g/mol. The van der Waals surface area contributed by atoms with E-state index >= 15 is 0 Å². The lowest BCUT2D eigenvalue weighted by Crippen LogP contribution is -2.39. The van der Waals surface area contributed by atoms with Gasteiger partial charge in [0.1, 0.15) is 0 Å². The van der Waals surface area contributed by atoms with Crippen LogP contribution < -0.4 is 0 Å². The highest BCUT2D eigenvalue weighted by atomic mass is 32.2. The normalized spacial score (nSPS) is 20.5. The zero-order valence-corrected chi connectivity index (χ0v) is 15.0. The van der Waals surface area contributed by atoms with E-state index in [1.165, 1.54) is 18.9 Å². The van der Waals surface area contributed by atoms with E-state index in [1.54, 1.807) is 4.31 Å². The number of nitrogens with zero attached hydrogens (tertiary/aromatic N) is 1. The summed E-state index contributed by atoms with van der Waals surface area (Å²) in [5, 5.41) is -0.561. The van der Waals surface area contributed by atoms with Crippen molar-refractivity contribution in [2.75, 3.05) is 19.4 Å². The highest BCUT2D eigenvalue weighted by molar-refractivity contribution is 8.03. The number of ether oxygens (including phenoxy) is 1. The van der Waals surface area contributed by atoms with Gasteiger partial charge in [-0.3, -0.25) is 0 Å². The number of carbonyl (C=O) groups excluding carboxylic acids is 1. The van der Waals surface area contributed by atoms with Crippen molar-refractivity contribution in [3.05, 3.63) is 54.6 Å². The molecule has 24 heavy (non-hydrogen) atoms. The van der Waals surface area contributed by atoms with Gasteiger partial charge < -0.3 is 4.74 Å². The fourth-order valence-electron chi connectivity index (χ4n) is 2.67. The Morgan fingerprint density at radius 2 is 1.79 bits per heavy atom. The van der Waals surface area contributed by atoms with Gasteiger partial charge in [-0.2, -0.15) is 0 Å². The third-order valence-electron chi connectivity index (χ3n) is 3.96. The fourth-order valence-corrected chi connectivity index (χ4v) is 6.03. The quantitative estimate of drug-likeness (QED) is 0.621. The van der Waals surface area contributed by atoms with Gasteiger partial charge in [0.05, 0.1) is 16.8 Å². The first-order chi connectivity index (χ1) is 11.5. The van der Waals surface area contributed by atoms with Crippen LogP contribution in [0, 0.1) is 0 Å². The number of methoxy groups -OCH3 is 1. The Balaban J connectivity index is 1.89. The van der Waals surface area contributed by atoms with E-state index in [-0.39, 0.29) is 5.97 Å². The van der Waals surface area contributed by atoms with Crippen LogP contribution in [-0.4, -0.2) is 45.1 Å². The molecule has 2 unspecified atom stereocenters. The summed E-state index contributed by atoms with van der Waals surface area (Å²) in [5.41, 5.74) is 2.15. The van der Waals surface area contributed by atoms with E-state index in [0.29, 0.717) is 11.4 Å². The van der Waals surface area contributed by atoms with Crippen molar-refractivity contribution in [3.8, 4) is 11.1 Å². The van der Waals surface area contributed by atoms with Gasteiger partial charge in [-0.25, -0.2) is 13.3 Å². The van der Waals surface area contributed by atoms with Gasteiger partial charge in [0, 0.05) is 17.2 Å². The lowest BCUT2D eigenvalue weighted by Gasteiger charge is -2.25. The van der Waals surface area contributed by atoms with Crippen LogP contribution in [0.5, 0.6) is 0 Å². The second kappa shape index (κ2) is 7.01. The Morgan fingerprint density at radius 1 is 1.17 bits per heavy atom. The van der Waals surface area contributed by atoms with Crippen LogP contribution in [0.2, 0.25) is 0 Å². The minimum atomic E-state index is -2.73. The van der Waals surface area contributed by atoms with Gasteiger partial charge >= 0.3 is 5.97 Å². The maximum absolute atomic E-state index is 13.3. The average Bonchev–Trinajstić information content (AvgIpc) is 3.12. The highest BCUT2D eigenvalue weighted by Gasteiger charge is 2.37. The molecule has 3 rings (SSSR count). The Kier molecular flexibility index (Phi) is 4.99. The summed E-state index contributed by atoms with van der Waals surface area (Å²) in [6, 6.07) is 17.5. The molecule has 0 N–H and O–H groups in total. The zero-order chi connectivity index (χ0) is 17.2. The van der Waals surface area contributed by atoms with Crippen molar-refractivity contribution in [2.24, 2.45) is 0 Å². The van der Waals surface area contributed by atoms with Crippen molar-refractivity contribution in [2.45, 2.75) is 10.3 Å². The molecule has 1 saturated heterocycles. The fraction of sp³-hybridized carbons (Fsp3) is 0.222. The first-order valence-corrected chi connectivity index (χ1v) is 10.3. The van der Waals surface area contributed by atoms with Crippen LogP contribution in [0.4, 0.5) is 0 Å². The summed E-state index contributed by atoms with van der Waals surface area (Å²) in [6.07, 6.45) is 0. The monoisotopic (exact) mass is 361 g/mol. The summed E-state index contributed by atoms with van der Waals surface area (Å²) >= 11 is 1.44. The number of benzene rings is 2. The maximum Gasteiger partial charge on any atom is 0.334 e. The highest BCUT2D eigenvalue weighted by Crippen LogP contribution is 2.31. The Bertz CT molecular complexity index is 817. The number of hydrogen-bond donors (Lipinski definition) is 0. The molecule has 0 aliphatic carbocycles. The van der Waals surface area contributed by atoms with Crippen molar-refractivity contribution >= 4 is 33.3 Å². The molecule has 2 aromatic rings. The van der Waals surface area contributed by atoms with E-state index in [1.807, 2.05) is 54.6 Å². The van der Waals surface area contributed by atoms with Gasteiger partial charge in [-0.15, -0.1) is 11.8 Å². The smallest absolute Gasteiger partial charge is 0.334 e. The van der Waals surface area contributed by atoms with Crippen LogP contribution in [0.1, 0.15) is 0 Å². The standard InChI is InChI=1S/C18H19NO3S2/c1-22-18(20)17-19(12-13-23-17)24(2,21)16-10-8-15(9-11-16)14-6-4-3-5-7-14/h3-11,17H,2,12-13H2,1H3. The zero-order valence-electron chi connectivity index (χ0n) is 13.4. The average molecular weight is 361 g/mol. The lowest BCUT2D eigenvalue weighted by molar-refractivity contribution is -0.141. The molecule has 0 bridgehead atoms. The third-order valence-corrected chi connectivity index (χ3v) is 7.43. The van der Waals surface area contributed by atoms with Crippen LogP contribution in [0.15, 0.2) is 59.5 Å². The van der Waals surface area contributed by atoms with Gasteiger partial charge in [0.25, 0.3) is 0 Å². The van der Waals surface area contributed by atoms with E-state index in [4.69, 9.17) is 4.74 Å². The summed E-state index contributed by atoms with van der Waals surface area (Å²) in [4.78, 5) is 12.5. The Morgan fingerprint density at radius 3 is 2.42 bits per heavy atom. The molecule has 0 spiro atoms. The SMILES string of the molecule is C=S(=O)(c1ccc(-c2ccccc2)cc1)N1CCSC1C(=O)OC. The molecule has 1 aliphatic rings. The number of carbonyl (C=O) groups is 1. The van der Waals surface area contributed by atoms with Gasteiger partial charge in [-0.05, 0) is 29.1 Å². The van der Waals surface area contributed by atoms with Crippen molar-refractivity contribution in [1.82, 2.24) is 4.31 Å². The second-order valence-electron chi connectivity index (χ2n) is 5.42. The summed E-state index contributed by atoms with van der Waals surface area (Å²) in [5.74, 6) is 4.27. The minimum Gasteiger partial charge on any atom is -0.467 e. The van der Waals surface area contributed by atoms with Gasteiger partial charge in [-0.1, -0.05) is 42.5 Å². The van der Waals surface area contributed by atoms with Crippen molar-refractivity contribution in [1.29, 1.82) is 0 Å². The number of esters is 1. The van der Waals surface area contributed by atoms with Crippen LogP contribution >= 0.6 is 11.8 Å². The molecule has 2 aromatic carbocycles. The molecule has 4 nitrogen and oxygen atoms in total. The molecule has 126 valence electrons. The summed E-state index contributed by atoms with van der Waals surface area (Å²) in [7, 11) is -1.38. The first kappa shape index (κ1) is 17.1. The Hall–Kier alpha value is -1.76. The molecule has 0 amide bonds. The van der Waals surface area contributed by atoms with E-state index in [2.05, 4.69) is 5.87 Å². The van der Waals surface area contributed by atoms with Crippen molar-refractivity contribution < 1.29 is 13.7 Å². The topological polar surface area (TPSA) is 46.6 Å². The molecule has 1 heterocycles. The molecule has 2 atom stereocenters. The number of hydrogen-bond acceptors (Lipinski definition) is 4. The lowest BCUT2D eigenvalue weighted by atomic mass is 10.1. The largest absolute Gasteiger partial charge is 0.467 e. The molecule has 0 radical (unpaired) electrons. The number of thioether (sulfide) groups is 1.